The lowest BCUT2D eigenvalue weighted by molar-refractivity contribution is -0.132. The van der Waals surface area contributed by atoms with E-state index in [0.29, 0.717) is 13.0 Å². The average molecular weight is 356 g/mol. The van der Waals surface area contributed by atoms with Crippen LogP contribution in [0.5, 0.6) is 0 Å². The van der Waals surface area contributed by atoms with Gasteiger partial charge in [-0.25, -0.2) is 4.98 Å². The van der Waals surface area contributed by atoms with Crippen LogP contribution in [0.3, 0.4) is 0 Å². The fourth-order valence-electron chi connectivity index (χ4n) is 3.00. The van der Waals surface area contributed by atoms with Crippen molar-refractivity contribution < 1.29 is 9.59 Å². The van der Waals surface area contributed by atoms with Gasteiger partial charge in [0.15, 0.2) is 0 Å². The molecular formula is C20H28N4O2. The van der Waals surface area contributed by atoms with E-state index in [-0.39, 0.29) is 18.4 Å². The molecule has 1 heterocycles. The zero-order valence-electron chi connectivity index (χ0n) is 15.7. The lowest BCUT2D eigenvalue weighted by Gasteiger charge is -2.22. The van der Waals surface area contributed by atoms with Crippen LogP contribution in [-0.2, 0) is 22.6 Å². The Kier molecular flexibility index (Phi) is 7.38. The molecule has 1 N–H and O–H groups in total. The van der Waals surface area contributed by atoms with Gasteiger partial charge < -0.3 is 14.8 Å². The zero-order valence-corrected chi connectivity index (χ0v) is 15.7. The summed E-state index contributed by atoms with van der Waals surface area (Å²) in [5, 5.41) is 2.76. The predicted octanol–water partition coefficient (Wildman–Crippen LogP) is 2.53. The maximum absolute atomic E-state index is 12.8. The summed E-state index contributed by atoms with van der Waals surface area (Å²) in [4.78, 5) is 30.7. The van der Waals surface area contributed by atoms with Gasteiger partial charge in [0.2, 0.25) is 11.8 Å². The van der Waals surface area contributed by atoms with Crippen LogP contribution in [-0.4, -0.2) is 45.9 Å². The standard InChI is InChI=1S/C20H28N4O2/c1-4-13-23(14-5-2)20(26)15-24-17-10-8-7-9-16(17)22-18(24)11-12-21-19(25)6-3/h6-10H,3-5,11-15H2,1-2H3,(H,21,25). The van der Waals surface area contributed by atoms with Crippen LogP contribution in [0.25, 0.3) is 11.0 Å². The Bertz CT molecular complexity index is 760. The summed E-state index contributed by atoms with van der Waals surface area (Å²) in [5.41, 5.74) is 1.81. The van der Waals surface area contributed by atoms with Gasteiger partial charge in [0.1, 0.15) is 12.4 Å². The summed E-state index contributed by atoms with van der Waals surface area (Å²) >= 11 is 0. The molecule has 0 bridgehead atoms. The Hall–Kier alpha value is -2.63. The molecule has 0 spiro atoms. The van der Waals surface area contributed by atoms with Crippen LogP contribution < -0.4 is 5.32 Å². The number of rotatable bonds is 10. The van der Waals surface area contributed by atoms with Crippen molar-refractivity contribution >= 4 is 22.8 Å². The van der Waals surface area contributed by atoms with Crippen molar-refractivity contribution in [3.8, 4) is 0 Å². The van der Waals surface area contributed by atoms with Crippen molar-refractivity contribution in [2.24, 2.45) is 0 Å². The number of carbonyl (C=O) groups is 2. The number of nitrogens with one attached hydrogen (secondary N) is 1. The molecule has 6 nitrogen and oxygen atoms in total. The molecule has 0 aliphatic rings. The highest BCUT2D eigenvalue weighted by atomic mass is 16.2. The largest absolute Gasteiger partial charge is 0.352 e. The first-order chi connectivity index (χ1) is 12.6. The van der Waals surface area contributed by atoms with Gasteiger partial charge in [0.05, 0.1) is 11.0 Å². The van der Waals surface area contributed by atoms with Crippen LogP contribution in [0.4, 0.5) is 0 Å². The number of nitrogens with zero attached hydrogens (tertiary/aromatic N) is 3. The third-order valence-electron chi connectivity index (χ3n) is 4.20. The number of amides is 2. The Morgan fingerprint density at radius 2 is 1.92 bits per heavy atom. The quantitative estimate of drug-likeness (QED) is 0.665. The number of aromatic nitrogens is 2. The second-order valence-corrected chi connectivity index (χ2v) is 6.23. The molecule has 0 unspecified atom stereocenters. The van der Waals surface area contributed by atoms with Crippen LogP contribution >= 0.6 is 0 Å². The lowest BCUT2D eigenvalue weighted by Crippen LogP contribution is -2.35. The normalized spacial score (nSPS) is 10.7. The van der Waals surface area contributed by atoms with Crippen LogP contribution in [0.2, 0.25) is 0 Å². The molecule has 0 saturated heterocycles. The van der Waals surface area contributed by atoms with Crippen molar-refractivity contribution in [2.75, 3.05) is 19.6 Å². The Morgan fingerprint density at radius 1 is 1.23 bits per heavy atom. The van der Waals surface area contributed by atoms with E-state index in [1.807, 2.05) is 33.7 Å². The van der Waals surface area contributed by atoms with E-state index in [1.165, 1.54) is 6.08 Å². The molecule has 0 aliphatic carbocycles. The van der Waals surface area contributed by atoms with E-state index in [9.17, 15) is 9.59 Å². The molecule has 140 valence electrons. The Labute approximate surface area is 154 Å². The van der Waals surface area contributed by atoms with Crippen molar-refractivity contribution in [3.05, 3.63) is 42.7 Å². The maximum Gasteiger partial charge on any atom is 0.243 e. The Morgan fingerprint density at radius 3 is 2.58 bits per heavy atom. The number of para-hydroxylation sites is 2. The van der Waals surface area contributed by atoms with Crippen LogP contribution in [0, 0.1) is 0 Å². The number of imidazole rings is 1. The molecule has 6 heteroatoms. The molecule has 1 aromatic heterocycles. The molecule has 2 aromatic rings. The molecule has 0 fully saturated rings. The number of carbonyl (C=O) groups excluding carboxylic acids is 2. The van der Waals surface area contributed by atoms with Crippen molar-refractivity contribution in [1.82, 2.24) is 19.8 Å². The first-order valence-electron chi connectivity index (χ1n) is 9.22. The third-order valence-corrected chi connectivity index (χ3v) is 4.20. The highest BCUT2D eigenvalue weighted by molar-refractivity contribution is 5.86. The summed E-state index contributed by atoms with van der Waals surface area (Å²) in [7, 11) is 0. The average Bonchev–Trinajstić information content (AvgIpc) is 2.99. The zero-order chi connectivity index (χ0) is 18.9. The van der Waals surface area contributed by atoms with Gasteiger partial charge in [0, 0.05) is 26.1 Å². The van der Waals surface area contributed by atoms with E-state index in [2.05, 4.69) is 30.7 Å². The molecule has 2 amide bonds. The third kappa shape index (κ3) is 4.94. The minimum absolute atomic E-state index is 0.105. The topological polar surface area (TPSA) is 67.2 Å². The van der Waals surface area contributed by atoms with Gasteiger partial charge in [0.25, 0.3) is 0 Å². The first-order valence-corrected chi connectivity index (χ1v) is 9.22. The second-order valence-electron chi connectivity index (χ2n) is 6.23. The summed E-state index contributed by atoms with van der Waals surface area (Å²) in [6.07, 6.45) is 3.69. The summed E-state index contributed by atoms with van der Waals surface area (Å²) in [6, 6.07) is 7.80. The van der Waals surface area contributed by atoms with E-state index >= 15 is 0 Å². The second kappa shape index (κ2) is 9.75. The van der Waals surface area contributed by atoms with Gasteiger partial charge >= 0.3 is 0 Å². The van der Waals surface area contributed by atoms with Crippen molar-refractivity contribution in [3.63, 3.8) is 0 Å². The number of hydrogen-bond acceptors (Lipinski definition) is 3. The number of fused-ring (bicyclic) bond motifs is 1. The SMILES string of the molecule is C=CC(=O)NCCc1nc2ccccc2n1CC(=O)N(CCC)CCC. The van der Waals surface area contributed by atoms with Gasteiger partial charge in [-0.05, 0) is 31.1 Å². The molecule has 2 rings (SSSR count). The Balaban J connectivity index is 2.22. The smallest absolute Gasteiger partial charge is 0.243 e. The van der Waals surface area contributed by atoms with E-state index < -0.39 is 0 Å². The minimum atomic E-state index is -0.208. The fourth-order valence-corrected chi connectivity index (χ4v) is 3.00. The molecule has 0 atom stereocenters. The van der Waals surface area contributed by atoms with Crippen LogP contribution in [0.1, 0.15) is 32.5 Å². The fraction of sp³-hybridized carbons (Fsp3) is 0.450. The van der Waals surface area contributed by atoms with Crippen molar-refractivity contribution in [2.45, 2.75) is 39.7 Å². The molecule has 0 radical (unpaired) electrons. The summed E-state index contributed by atoms with van der Waals surface area (Å²) in [6.45, 7) is 9.87. The maximum atomic E-state index is 12.8. The van der Waals surface area contributed by atoms with E-state index in [1.54, 1.807) is 0 Å². The first kappa shape index (κ1) is 19.7. The molecular weight excluding hydrogens is 328 g/mol. The molecule has 0 aliphatic heterocycles. The van der Waals surface area contributed by atoms with Gasteiger partial charge in [-0.1, -0.05) is 32.6 Å². The number of hydrogen-bond donors (Lipinski definition) is 1. The molecule has 26 heavy (non-hydrogen) atoms. The van der Waals surface area contributed by atoms with E-state index in [4.69, 9.17) is 0 Å². The molecule has 0 saturated carbocycles. The van der Waals surface area contributed by atoms with Crippen LogP contribution in [0.15, 0.2) is 36.9 Å². The van der Waals surface area contributed by atoms with E-state index in [0.717, 1.165) is 42.8 Å². The monoisotopic (exact) mass is 356 g/mol. The van der Waals surface area contributed by atoms with Gasteiger partial charge in [-0.15, -0.1) is 0 Å². The van der Waals surface area contributed by atoms with Gasteiger partial charge in [-0.2, -0.15) is 0 Å². The predicted molar refractivity (Wildman–Crippen MR) is 104 cm³/mol. The minimum Gasteiger partial charge on any atom is -0.352 e. The highest BCUT2D eigenvalue weighted by Crippen LogP contribution is 2.17. The van der Waals surface area contributed by atoms with Gasteiger partial charge in [-0.3, -0.25) is 9.59 Å². The summed E-state index contributed by atoms with van der Waals surface area (Å²) < 4.78 is 1.97. The number of benzene rings is 1. The highest BCUT2D eigenvalue weighted by Gasteiger charge is 2.17. The summed E-state index contributed by atoms with van der Waals surface area (Å²) in [5.74, 6) is 0.700. The molecule has 1 aromatic carbocycles. The van der Waals surface area contributed by atoms with Crippen molar-refractivity contribution in [1.29, 1.82) is 0 Å². The lowest BCUT2D eigenvalue weighted by atomic mass is 10.3.